The van der Waals surface area contributed by atoms with Crippen LogP contribution in [0.1, 0.15) is 11.1 Å². The summed E-state index contributed by atoms with van der Waals surface area (Å²) in [6, 6.07) is 10.4. The number of fused-ring (bicyclic) bond motifs is 1. The number of carbonyl (C=O) groups excluding carboxylic acids is 1. The summed E-state index contributed by atoms with van der Waals surface area (Å²) in [5.74, 6) is 1.05. The van der Waals surface area contributed by atoms with Crippen molar-refractivity contribution in [1.29, 1.82) is 0 Å². The van der Waals surface area contributed by atoms with Crippen LogP contribution < -0.4 is 10.1 Å². The van der Waals surface area contributed by atoms with Crippen molar-refractivity contribution in [3.63, 3.8) is 0 Å². The molecule has 0 aliphatic carbocycles. The maximum absolute atomic E-state index is 14.0. The van der Waals surface area contributed by atoms with Crippen LogP contribution in [0.5, 0.6) is 5.75 Å². The zero-order valence-corrected chi connectivity index (χ0v) is 14.6. The normalized spacial score (nSPS) is 12.4. The van der Waals surface area contributed by atoms with Crippen LogP contribution >= 0.6 is 0 Å². The van der Waals surface area contributed by atoms with Gasteiger partial charge in [-0.1, -0.05) is 0 Å². The van der Waals surface area contributed by atoms with Gasteiger partial charge in [0.1, 0.15) is 17.9 Å². The summed E-state index contributed by atoms with van der Waals surface area (Å²) in [6.07, 6.45) is 1.82. The molecule has 1 amide bonds. The van der Waals surface area contributed by atoms with Crippen LogP contribution in [0.3, 0.4) is 0 Å². The number of alkyl carbamates (subject to hydrolysis) is 1. The number of carbonyl (C=O) groups is 1. The molecule has 1 aliphatic heterocycles. The third kappa shape index (κ3) is 3.46. The molecule has 0 atom stereocenters. The second-order valence-electron chi connectivity index (χ2n) is 6.05. The molecule has 138 valence electrons. The number of nitrogens with zero attached hydrogens (tertiary/aromatic N) is 3. The summed E-state index contributed by atoms with van der Waals surface area (Å²) < 4.78 is 25.6. The maximum Gasteiger partial charge on any atom is 0.407 e. The van der Waals surface area contributed by atoms with Crippen molar-refractivity contribution in [2.45, 2.75) is 13.0 Å². The minimum atomic E-state index is -0.622. The molecule has 0 spiro atoms. The number of methoxy groups -OCH3 is 1. The lowest BCUT2D eigenvalue weighted by Gasteiger charge is -2.08. The fourth-order valence-electron chi connectivity index (χ4n) is 2.92. The molecular weight excluding hydrogens is 351 g/mol. The number of nitrogens with one attached hydrogen (secondary N) is 1. The fraction of sp³-hybridized carbons (Fsp3) is 0.211. The molecule has 0 radical (unpaired) electrons. The van der Waals surface area contributed by atoms with Crippen molar-refractivity contribution >= 4 is 6.09 Å². The molecule has 4 rings (SSSR count). The Bertz CT molecular complexity index is 1000. The fourth-order valence-corrected chi connectivity index (χ4v) is 2.92. The van der Waals surface area contributed by atoms with E-state index in [9.17, 15) is 9.18 Å². The minimum Gasteiger partial charge on any atom is -0.493 e. The van der Waals surface area contributed by atoms with Gasteiger partial charge in [-0.15, -0.1) is 5.10 Å². The first-order valence-corrected chi connectivity index (χ1v) is 8.42. The van der Waals surface area contributed by atoms with E-state index in [4.69, 9.17) is 4.74 Å². The van der Waals surface area contributed by atoms with Crippen LogP contribution in [0.15, 0.2) is 42.7 Å². The van der Waals surface area contributed by atoms with Crippen LogP contribution in [0.4, 0.5) is 9.18 Å². The quantitative estimate of drug-likeness (QED) is 0.766. The molecule has 0 unspecified atom stereocenters. The molecule has 0 bridgehead atoms. The Morgan fingerprint density at radius 1 is 1.33 bits per heavy atom. The lowest BCUT2D eigenvalue weighted by Crippen LogP contribution is -2.23. The number of hydrogen-bond acceptors (Lipinski definition) is 5. The highest BCUT2D eigenvalue weighted by Crippen LogP contribution is 2.29. The van der Waals surface area contributed by atoms with E-state index in [1.54, 1.807) is 23.1 Å². The van der Waals surface area contributed by atoms with E-state index < -0.39 is 11.9 Å². The van der Waals surface area contributed by atoms with E-state index in [0.29, 0.717) is 23.7 Å². The van der Waals surface area contributed by atoms with Gasteiger partial charge < -0.3 is 14.8 Å². The molecule has 27 heavy (non-hydrogen) atoms. The number of amides is 1. The highest BCUT2D eigenvalue weighted by Gasteiger charge is 2.15. The average Bonchev–Trinajstić information content (AvgIpc) is 3.35. The van der Waals surface area contributed by atoms with Crippen molar-refractivity contribution < 1.29 is 18.7 Å². The van der Waals surface area contributed by atoms with Crippen LogP contribution in [0.2, 0.25) is 0 Å². The Balaban J connectivity index is 1.58. The molecule has 8 heteroatoms. The third-order valence-electron chi connectivity index (χ3n) is 4.34. The predicted molar refractivity (Wildman–Crippen MR) is 95.2 cm³/mol. The largest absolute Gasteiger partial charge is 0.493 e. The van der Waals surface area contributed by atoms with Gasteiger partial charge >= 0.3 is 6.09 Å². The topological polar surface area (TPSA) is 78.3 Å². The molecule has 1 aliphatic rings. The van der Waals surface area contributed by atoms with E-state index in [1.807, 2.05) is 18.2 Å². The van der Waals surface area contributed by atoms with Crippen molar-refractivity contribution in [2.24, 2.45) is 0 Å². The van der Waals surface area contributed by atoms with Gasteiger partial charge in [-0.25, -0.2) is 18.9 Å². The second-order valence-corrected chi connectivity index (χ2v) is 6.05. The van der Waals surface area contributed by atoms with Gasteiger partial charge in [-0.05, 0) is 42.0 Å². The van der Waals surface area contributed by atoms with Gasteiger partial charge in [0.05, 0.1) is 19.4 Å². The zero-order chi connectivity index (χ0) is 18.8. The van der Waals surface area contributed by atoms with Gasteiger partial charge in [-0.2, -0.15) is 0 Å². The standard InChI is InChI=1S/C19H17FN4O3/c1-26-19(25)21-10-14-9-15(3-4-16(14)20)24-11-22-18(23-24)13-2-5-17-12(8-13)6-7-27-17/h2-5,8-9,11H,6-7,10H2,1H3,(H,21,25). The number of halogens is 1. The first-order valence-electron chi connectivity index (χ1n) is 8.42. The average molecular weight is 368 g/mol. The first kappa shape index (κ1) is 17.0. The molecular formula is C19H17FN4O3. The van der Waals surface area contributed by atoms with Crippen molar-refractivity contribution in [1.82, 2.24) is 20.1 Å². The molecule has 0 fully saturated rings. The van der Waals surface area contributed by atoms with Gasteiger partial charge in [0, 0.05) is 24.1 Å². The number of aromatic nitrogens is 3. The Morgan fingerprint density at radius 3 is 3.07 bits per heavy atom. The van der Waals surface area contributed by atoms with E-state index >= 15 is 0 Å². The van der Waals surface area contributed by atoms with Crippen molar-refractivity contribution in [3.8, 4) is 22.8 Å². The Kier molecular flexibility index (Phi) is 4.45. The second kappa shape index (κ2) is 7.06. The van der Waals surface area contributed by atoms with Crippen molar-refractivity contribution in [3.05, 3.63) is 59.7 Å². The van der Waals surface area contributed by atoms with Gasteiger partial charge in [0.25, 0.3) is 0 Å². The predicted octanol–water partition coefficient (Wildman–Crippen LogP) is 2.86. The summed E-state index contributed by atoms with van der Waals surface area (Å²) in [5, 5.41) is 6.95. The van der Waals surface area contributed by atoms with Crippen LogP contribution in [0.25, 0.3) is 17.1 Å². The number of rotatable bonds is 4. The highest BCUT2D eigenvalue weighted by molar-refractivity contribution is 5.67. The molecule has 2 aromatic carbocycles. The Labute approximate surface area is 154 Å². The lowest BCUT2D eigenvalue weighted by atomic mass is 10.1. The highest BCUT2D eigenvalue weighted by atomic mass is 19.1. The number of benzene rings is 2. The summed E-state index contributed by atoms with van der Waals surface area (Å²) in [7, 11) is 1.25. The van der Waals surface area contributed by atoms with Crippen LogP contribution in [-0.4, -0.2) is 34.6 Å². The van der Waals surface area contributed by atoms with E-state index in [1.165, 1.54) is 13.2 Å². The van der Waals surface area contributed by atoms with E-state index in [0.717, 1.165) is 23.3 Å². The van der Waals surface area contributed by atoms with Gasteiger partial charge in [0.2, 0.25) is 0 Å². The Morgan fingerprint density at radius 2 is 2.22 bits per heavy atom. The molecule has 3 aromatic rings. The molecule has 2 heterocycles. The summed E-state index contributed by atoms with van der Waals surface area (Å²) in [4.78, 5) is 15.6. The molecule has 1 aromatic heterocycles. The minimum absolute atomic E-state index is 0.0126. The number of ether oxygens (including phenoxy) is 2. The third-order valence-corrected chi connectivity index (χ3v) is 4.34. The maximum atomic E-state index is 14.0. The number of hydrogen-bond donors (Lipinski definition) is 1. The molecule has 7 nitrogen and oxygen atoms in total. The molecule has 1 N–H and O–H groups in total. The lowest BCUT2D eigenvalue weighted by molar-refractivity contribution is 0.170. The van der Waals surface area contributed by atoms with Crippen LogP contribution in [0, 0.1) is 5.82 Å². The monoisotopic (exact) mass is 368 g/mol. The van der Waals surface area contributed by atoms with Gasteiger partial charge in [0.15, 0.2) is 5.82 Å². The summed E-state index contributed by atoms with van der Waals surface area (Å²) in [5.41, 5.74) is 3.00. The first-order chi connectivity index (χ1) is 13.1. The van der Waals surface area contributed by atoms with E-state index in [2.05, 4.69) is 20.1 Å². The molecule has 0 saturated heterocycles. The van der Waals surface area contributed by atoms with Crippen LogP contribution in [-0.2, 0) is 17.7 Å². The summed E-state index contributed by atoms with van der Waals surface area (Å²) >= 11 is 0. The van der Waals surface area contributed by atoms with Gasteiger partial charge in [-0.3, -0.25) is 0 Å². The zero-order valence-electron chi connectivity index (χ0n) is 14.6. The van der Waals surface area contributed by atoms with E-state index in [-0.39, 0.29) is 6.54 Å². The van der Waals surface area contributed by atoms with Crippen molar-refractivity contribution in [2.75, 3.05) is 13.7 Å². The smallest absolute Gasteiger partial charge is 0.407 e. The molecule has 0 saturated carbocycles. The summed E-state index contributed by atoms with van der Waals surface area (Å²) in [6.45, 7) is 0.706. The Hall–Kier alpha value is -3.42. The SMILES string of the molecule is COC(=O)NCc1cc(-n2cnc(-c3ccc4c(c3)CCO4)n2)ccc1F.